The summed E-state index contributed by atoms with van der Waals surface area (Å²) in [5, 5.41) is 0.979. The molecule has 0 saturated carbocycles. The SMILES string of the molecule is CCOC(=O)C1CCN(c2ccc3c(c2)c(C=O)cn3C)CC1. The van der Waals surface area contributed by atoms with Crippen LogP contribution >= 0.6 is 0 Å². The first-order chi connectivity index (χ1) is 11.1. The molecule has 0 amide bonds. The number of aldehydes is 1. The van der Waals surface area contributed by atoms with Gasteiger partial charge in [-0.05, 0) is 38.0 Å². The number of piperidine rings is 1. The van der Waals surface area contributed by atoms with Gasteiger partial charge in [0.05, 0.1) is 12.5 Å². The Kier molecular flexibility index (Phi) is 4.37. The number of rotatable bonds is 4. The van der Waals surface area contributed by atoms with E-state index in [0.717, 1.165) is 48.8 Å². The number of carbonyl (C=O) groups is 2. The molecule has 5 nitrogen and oxygen atoms in total. The molecular formula is C18H22N2O3. The average molecular weight is 314 g/mol. The molecule has 2 aromatic rings. The normalized spacial score (nSPS) is 15.8. The van der Waals surface area contributed by atoms with E-state index in [1.807, 2.05) is 24.7 Å². The van der Waals surface area contributed by atoms with Gasteiger partial charge >= 0.3 is 5.97 Å². The van der Waals surface area contributed by atoms with Crippen LogP contribution in [0, 0.1) is 5.92 Å². The van der Waals surface area contributed by atoms with Crippen molar-refractivity contribution in [3.63, 3.8) is 0 Å². The fourth-order valence-corrected chi connectivity index (χ4v) is 3.33. The summed E-state index contributed by atoms with van der Waals surface area (Å²) in [7, 11) is 1.94. The van der Waals surface area contributed by atoms with Crippen molar-refractivity contribution in [3.05, 3.63) is 30.0 Å². The summed E-state index contributed by atoms with van der Waals surface area (Å²) in [6.07, 6.45) is 4.38. The van der Waals surface area contributed by atoms with E-state index >= 15 is 0 Å². The number of hydrogen-bond acceptors (Lipinski definition) is 4. The lowest BCUT2D eigenvalue weighted by Gasteiger charge is -2.32. The summed E-state index contributed by atoms with van der Waals surface area (Å²) >= 11 is 0. The van der Waals surface area contributed by atoms with Crippen LogP contribution in [0.1, 0.15) is 30.1 Å². The van der Waals surface area contributed by atoms with Gasteiger partial charge in [-0.1, -0.05) is 0 Å². The second-order valence-electron chi connectivity index (χ2n) is 6.03. The molecule has 1 aromatic heterocycles. The average Bonchev–Trinajstić information content (AvgIpc) is 2.91. The minimum absolute atomic E-state index is 0.0113. The van der Waals surface area contributed by atoms with E-state index in [4.69, 9.17) is 4.74 Å². The van der Waals surface area contributed by atoms with Crippen molar-refractivity contribution in [2.24, 2.45) is 13.0 Å². The number of nitrogens with zero attached hydrogens (tertiary/aromatic N) is 2. The van der Waals surface area contributed by atoms with Gasteiger partial charge in [0.2, 0.25) is 0 Å². The van der Waals surface area contributed by atoms with Crippen LogP contribution in [0.3, 0.4) is 0 Å². The molecule has 1 aromatic carbocycles. The van der Waals surface area contributed by atoms with Crippen LogP contribution in [-0.4, -0.2) is 36.5 Å². The summed E-state index contributed by atoms with van der Waals surface area (Å²) < 4.78 is 7.08. The molecule has 0 radical (unpaired) electrons. The maximum absolute atomic E-state index is 11.8. The van der Waals surface area contributed by atoms with Crippen molar-refractivity contribution in [3.8, 4) is 0 Å². The Bertz CT molecular complexity index is 727. The first-order valence-corrected chi connectivity index (χ1v) is 8.10. The van der Waals surface area contributed by atoms with Gasteiger partial charge in [0, 0.05) is 48.5 Å². The molecular weight excluding hydrogens is 292 g/mol. The quantitative estimate of drug-likeness (QED) is 0.643. The molecule has 1 aliphatic heterocycles. The van der Waals surface area contributed by atoms with Crippen LogP contribution in [0.25, 0.3) is 10.9 Å². The summed E-state index contributed by atoms with van der Waals surface area (Å²) in [6.45, 7) is 3.95. The Hall–Kier alpha value is -2.30. The third kappa shape index (κ3) is 2.96. The number of carbonyl (C=O) groups excluding carboxylic acids is 2. The van der Waals surface area contributed by atoms with Crippen LogP contribution < -0.4 is 4.90 Å². The second kappa shape index (κ2) is 6.44. The molecule has 2 heterocycles. The van der Waals surface area contributed by atoms with Gasteiger partial charge in [-0.3, -0.25) is 9.59 Å². The number of esters is 1. The number of aryl methyl sites for hydroxylation is 1. The van der Waals surface area contributed by atoms with Gasteiger partial charge in [0.15, 0.2) is 6.29 Å². The molecule has 122 valence electrons. The predicted molar refractivity (Wildman–Crippen MR) is 89.9 cm³/mol. The number of aromatic nitrogens is 1. The van der Waals surface area contributed by atoms with Crippen LogP contribution in [-0.2, 0) is 16.6 Å². The Morgan fingerprint density at radius 2 is 2.09 bits per heavy atom. The summed E-state index contributed by atoms with van der Waals surface area (Å²) in [5.74, 6) is -0.0638. The zero-order valence-electron chi connectivity index (χ0n) is 13.6. The Balaban J connectivity index is 1.77. The molecule has 23 heavy (non-hydrogen) atoms. The number of benzene rings is 1. The van der Waals surface area contributed by atoms with Crippen molar-refractivity contribution >= 4 is 28.8 Å². The zero-order valence-corrected chi connectivity index (χ0v) is 13.6. The highest BCUT2D eigenvalue weighted by Crippen LogP contribution is 2.29. The number of ether oxygens (including phenoxy) is 1. The summed E-state index contributed by atoms with van der Waals surface area (Å²) in [6, 6.07) is 6.21. The predicted octanol–water partition coefficient (Wildman–Crippen LogP) is 2.77. The topological polar surface area (TPSA) is 51.5 Å². The lowest BCUT2D eigenvalue weighted by molar-refractivity contribution is -0.148. The first-order valence-electron chi connectivity index (χ1n) is 8.10. The maximum atomic E-state index is 11.8. The van der Waals surface area contributed by atoms with E-state index in [9.17, 15) is 9.59 Å². The minimum Gasteiger partial charge on any atom is -0.466 e. The Morgan fingerprint density at radius 1 is 1.35 bits per heavy atom. The number of hydrogen-bond donors (Lipinski definition) is 0. The van der Waals surface area contributed by atoms with Crippen LogP contribution in [0.4, 0.5) is 5.69 Å². The Labute approximate surface area is 135 Å². The standard InChI is InChI=1S/C18H22N2O3/c1-3-23-18(22)13-6-8-20(9-7-13)15-4-5-17-16(10-15)14(12-21)11-19(17)2/h4-5,10-13H,3,6-9H2,1-2H3. The van der Waals surface area contributed by atoms with Crippen LogP contribution in [0.15, 0.2) is 24.4 Å². The van der Waals surface area contributed by atoms with Crippen LogP contribution in [0.5, 0.6) is 0 Å². The van der Waals surface area contributed by atoms with Gasteiger partial charge in [-0.2, -0.15) is 0 Å². The Morgan fingerprint density at radius 3 is 2.74 bits per heavy atom. The fraction of sp³-hybridized carbons (Fsp3) is 0.444. The van der Waals surface area contributed by atoms with Gasteiger partial charge in [-0.25, -0.2) is 0 Å². The highest BCUT2D eigenvalue weighted by atomic mass is 16.5. The number of fused-ring (bicyclic) bond motifs is 1. The first kappa shape index (κ1) is 15.6. The summed E-state index contributed by atoms with van der Waals surface area (Å²) in [4.78, 5) is 25.3. The molecule has 0 atom stereocenters. The van der Waals surface area contributed by atoms with E-state index in [0.29, 0.717) is 12.2 Å². The number of anilines is 1. The molecule has 1 fully saturated rings. The largest absolute Gasteiger partial charge is 0.466 e. The monoisotopic (exact) mass is 314 g/mol. The van der Waals surface area contributed by atoms with E-state index in [1.165, 1.54) is 0 Å². The molecule has 3 rings (SSSR count). The zero-order chi connectivity index (χ0) is 16.4. The van der Waals surface area contributed by atoms with E-state index < -0.39 is 0 Å². The maximum Gasteiger partial charge on any atom is 0.309 e. The smallest absolute Gasteiger partial charge is 0.309 e. The molecule has 1 saturated heterocycles. The molecule has 0 N–H and O–H groups in total. The molecule has 0 unspecified atom stereocenters. The molecule has 0 bridgehead atoms. The molecule has 0 spiro atoms. The van der Waals surface area contributed by atoms with Crippen LogP contribution in [0.2, 0.25) is 0 Å². The van der Waals surface area contributed by atoms with E-state index in [2.05, 4.69) is 23.1 Å². The molecule has 5 heteroatoms. The highest BCUT2D eigenvalue weighted by Gasteiger charge is 2.26. The molecule has 1 aliphatic rings. The van der Waals surface area contributed by atoms with Crippen molar-refractivity contribution in [2.75, 3.05) is 24.6 Å². The van der Waals surface area contributed by atoms with E-state index in [1.54, 1.807) is 0 Å². The van der Waals surface area contributed by atoms with Gasteiger partial charge in [0.25, 0.3) is 0 Å². The van der Waals surface area contributed by atoms with Crippen molar-refractivity contribution in [1.29, 1.82) is 0 Å². The fourth-order valence-electron chi connectivity index (χ4n) is 3.33. The lowest BCUT2D eigenvalue weighted by atomic mass is 9.96. The van der Waals surface area contributed by atoms with Gasteiger partial charge < -0.3 is 14.2 Å². The van der Waals surface area contributed by atoms with Crippen molar-refractivity contribution in [1.82, 2.24) is 4.57 Å². The van der Waals surface area contributed by atoms with Gasteiger partial charge in [0.1, 0.15) is 0 Å². The second-order valence-corrected chi connectivity index (χ2v) is 6.03. The van der Waals surface area contributed by atoms with Crippen molar-refractivity contribution in [2.45, 2.75) is 19.8 Å². The highest BCUT2D eigenvalue weighted by molar-refractivity contribution is 5.99. The minimum atomic E-state index is -0.0751. The van der Waals surface area contributed by atoms with Gasteiger partial charge in [-0.15, -0.1) is 0 Å². The van der Waals surface area contributed by atoms with Crippen molar-refractivity contribution < 1.29 is 14.3 Å². The molecule has 0 aliphatic carbocycles. The lowest BCUT2D eigenvalue weighted by Crippen LogP contribution is -2.36. The van der Waals surface area contributed by atoms with E-state index in [-0.39, 0.29) is 11.9 Å². The third-order valence-corrected chi connectivity index (χ3v) is 4.61. The summed E-state index contributed by atoms with van der Waals surface area (Å²) in [5.41, 5.74) is 2.87. The third-order valence-electron chi connectivity index (χ3n) is 4.61.